The lowest BCUT2D eigenvalue weighted by Gasteiger charge is -2.00. The first kappa shape index (κ1) is 15.5. The van der Waals surface area contributed by atoms with Crippen LogP contribution >= 0.6 is 11.3 Å². The van der Waals surface area contributed by atoms with E-state index in [2.05, 4.69) is 15.5 Å². The van der Waals surface area contributed by atoms with E-state index in [1.165, 1.54) is 23.5 Å². The lowest BCUT2D eigenvalue weighted by atomic mass is 10.2. The van der Waals surface area contributed by atoms with Gasteiger partial charge in [0.25, 0.3) is 5.69 Å². The molecule has 1 heterocycles. The number of nitro groups is 1. The zero-order valence-electron chi connectivity index (χ0n) is 11.6. The van der Waals surface area contributed by atoms with E-state index < -0.39 is 4.92 Å². The standard InChI is InChI=1S/C13H16N4O3S/c1-20-9-8-14-7-6-12-15-16-13(21-12)10-2-4-11(5-3-10)17(18)19/h2-5,14H,6-9H2,1H3. The highest BCUT2D eigenvalue weighted by Crippen LogP contribution is 2.25. The van der Waals surface area contributed by atoms with Crippen molar-refractivity contribution in [3.8, 4) is 10.6 Å². The van der Waals surface area contributed by atoms with Gasteiger partial charge < -0.3 is 10.1 Å². The Bertz CT molecular complexity index is 585. The molecule has 0 saturated heterocycles. The van der Waals surface area contributed by atoms with Crippen LogP contribution in [0, 0.1) is 10.1 Å². The second kappa shape index (κ2) is 7.77. The average Bonchev–Trinajstić information content (AvgIpc) is 2.96. The number of ether oxygens (including phenoxy) is 1. The highest BCUT2D eigenvalue weighted by molar-refractivity contribution is 7.14. The van der Waals surface area contributed by atoms with Gasteiger partial charge in [0.15, 0.2) is 0 Å². The van der Waals surface area contributed by atoms with Gasteiger partial charge in [-0.2, -0.15) is 0 Å². The van der Waals surface area contributed by atoms with E-state index in [1.807, 2.05) is 0 Å². The van der Waals surface area contributed by atoms with Crippen LogP contribution in [0.25, 0.3) is 10.6 Å². The first-order valence-electron chi connectivity index (χ1n) is 6.47. The van der Waals surface area contributed by atoms with Crippen LogP contribution in [-0.4, -0.2) is 41.9 Å². The monoisotopic (exact) mass is 308 g/mol. The Kier molecular flexibility index (Phi) is 5.73. The highest BCUT2D eigenvalue weighted by Gasteiger charge is 2.09. The number of hydrogen-bond donors (Lipinski definition) is 1. The number of benzene rings is 1. The van der Waals surface area contributed by atoms with Crippen LogP contribution in [0.5, 0.6) is 0 Å². The number of hydrogen-bond acceptors (Lipinski definition) is 7. The molecule has 21 heavy (non-hydrogen) atoms. The van der Waals surface area contributed by atoms with Crippen molar-refractivity contribution in [3.05, 3.63) is 39.4 Å². The van der Waals surface area contributed by atoms with Crippen molar-refractivity contribution in [2.24, 2.45) is 0 Å². The maximum absolute atomic E-state index is 10.6. The van der Waals surface area contributed by atoms with Gasteiger partial charge in [0.05, 0.1) is 11.5 Å². The molecule has 112 valence electrons. The predicted octanol–water partition coefficient (Wildman–Crippen LogP) is 1.89. The summed E-state index contributed by atoms with van der Waals surface area (Å²) in [4.78, 5) is 10.2. The third-order valence-corrected chi connectivity index (χ3v) is 3.82. The average molecular weight is 308 g/mol. The number of nitrogens with zero attached hydrogens (tertiary/aromatic N) is 3. The number of methoxy groups -OCH3 is 1. The molecule has 0 aliphatic carbocycles. The fourth-order valence-electron chi connectivity index (χ4n) is 1.69. The van der Waals surface area contributed by atoms with E-state index in [0.717, 1.165) is 35.1 Å². The van der Waals surface area contributed by atoms with Crippen LogP contribution in [0.2, 0.25) is 0 Å². The molecule has 0 bridgehead atoms. The number of rotatable bonds is 8. The molecule has 0 saturated carbocycles. The van der Waals surface area contributed by atoms with Crippen LogP contribution < -0.4 is 5.32 Å². The topological polar surface area (TPSA) is 90.2 Å². The zero-order chi connectivity index (χ0) is 15.1. The molecule has 2 rings (SSSR count). The second-order valence-corrected chi connectivity index (χ2v) is 5.36. The summed E-state index contributed by atoms with van der Waals surface area (Å²) in [5, 5.41) is 23.8. The van der Waals surface area contributed by atoms with Crippen LogP contribution in [0.3, 0.4) is 0 Å². The van der Waals surface area contributed by atoms with E-state index in [9.17, 15) is 10.1 Å². The molecule has 0 radical (unpaired) electrons. The lowest BCUT2D eigenvalue weighted by molar-refractivity contribution is -0.384. The van der Waals surface area contributed by atoms with Crippen LogP contribution in [-0.2, 0) is 11.2 Å². The SMILES string of the molecule is COCCNCCc1nnc(-c2ccc([N+](=O)[O-])cc2)s1. The first-order valence-corrected chi connectivity index (χ1v) is 7.29. The number of nitro benzene ring substituents is 1. The van der Waals surface area contributed by atoms with Crippen molar-refractivity contribution in [3.63, 3.8) is 0 Å². The number of non-ortho nitro benzene ring substituents is 1. The normalized spacial score (nSPS) is 10.7. The third-order valence-electron chi connectivity index (χ3n) is 2.79. The summed E-state index contributed by atoms with van der Waals surface area (Å²) >= 11 is 1.50. The Balaban J connectivity index is 1.91. The molecule has 2 aromatic rings. The summed E-state index contributed by atoms with van der Waals surface area (Å²) in [5.74, 6) is 0. The summed E-state index contributed by atoms with van der Waals surface area (Å²) in [6.45, 7) is 2.31. The molecule has 1 aromatic carbocycles. The fraction of sp³-hybridized carbons (Fsp3) is 0.385. The van der Waals surface area contributed by atoms with Crippen molar-refractivity contribution in [2.75, 3.05) is 26.8 Å². The van der Waals surface area contributed by atoms with E-state index in [4.69, 9.17) is 4.74 Å². The fourth-order valence-corrected chi connectivity index (χ4v) is 2.54. The van der Waals surface area contributed by atoms with Gasteiger partial charge in [0.1, 0.15) is 10.0 Å². The van der Waals surface area contributed by atoms with Crippen LogP contribution in [0.15, 0.2) is 24.3 Å². The Morgan fingerprint density at radius 1 is 1.29 bits per heavy atom. The van der Waals surface area contributed by atoms with Gasteiger partial charge in [-0.05, 0) is 12.1 Å². The van der Waals surface area contributed by atoms with Crippen molar-refractivity contribution < 1.29 is 9.66 Å². The Morgan fingerprint density at radius 2 is 2.05 bits per heavy atom. The van der Waals surface area contributed by atoms with Crippen molar-refractivity contribution in [2.45, 2.75) is 6.42 Å². The molecule has 0 fully saturated rings. The molecule has 1 N–H and O–H groups in total. The van der Waals surface area contributed by atoms with E-state index in [1.54, 1.807) is 19.2 Å². The molecular weight excluding hydrogens is 292 g/mol. The van der Waals surface area contributed by atoms with Gasteiger partial charge in [-0.1, -0.05) is 11.3 Å². The van der Waals surface area contributed by atoms with Gasteiger partial charge in [0.2, 0.25) is 0 Å². The van der Waals surface area contributed by atoms with Gasteiger partial charge in [0, 0.05) is 44.3 Å². The van der Waals surface area contributed by atoms with Crippen LogP contribution in [0.1, 0.15) is 5.01 Å². The van der Waals surface area contributed by atoms with Gasteiger partial charge >= 0.3 is 0 Å². The summed E-state index contributed by atoms with van der Waals surface area (Å²) in [5.41, 5.74) is 0.919. The summed E-state index contributed by atoms with van der Waals surface area (Å²) in [6, 6.07) is 6.34. The molecule has 0 unspecified atom stereocenters. The Hall–Kier alpha value is -1.90. The van der Waals surface area contributed by atoms with E-state index >= 15 is 0 Å². The Morgan fingerprint density at radius 3 is 2.71 bits per heavy atom. The smallest absolute Gasteiger partial charge is 0.269 e. The third kappa shape index (κ3) is 4.55. The minimum Gasteiger partial charge on any atom is -0.383 e. The maximum atomic E-state index is 10.6. The lowest BCUT2D eigenvalue weighted by Crippen LogP contribution is -2.21. The van der Waals surface area contributed by atoms with E-state index in [0.29, 0.717) is 6.61 Å². The number of nitrogens with one attached hydrogen (secondary N) is 1. The maximum Gasteiger partial charge on any atom is 0.269 e. The first-order chi connectivity index (χ1) is 10.2. The number of aromatic nitrogens is 2. The zero-order valence-corrected chi connectivity index (χ0v) is 12.4. The quantitative estimate of drug-likeness (QED) is 0.455. The largest absolute Gasteiger partial charge is 0.383 e. The second-order valence-electron chi connectivity index (χ2n) is 4.30. The minimum atomic E-state index is -0.416. The summed E-state index contributed by atoms with van der Waals surface area (Å²) in [6.07, 6.45) is 0.800. The molecular formula is C13H16N4O3S. The molecule has 0 amide bonds. The van der Waals surface area contributed by atoms with Crippen molar-refractivity contribution in [1.29, 1.82) is 0 Å². The molecule has 0 atom stereocenters. The highest BCUT2D eigenvalue weighted by atomic mass is 32.1. The summed E-state index contributed by atoms with van der Waals surface area (Å²) < 4.78 is 4.95. The summed E-state index contributed by atoms with van der Waals surface area (Å²) in [7, 11) is 1.67. The van der Waals surface area contributed by atoms with Gasteiger partial charge in [-0.15, -0.1) is 10.2 Å². The Labute approximate surface area is 126 Å². The van der Waals surface area contributed by atoms with Gasteiger partial charge in [-0.3, -0.25) is 10.1 Å². The molecule has 0 aliphatic rings. The van der Waals surface area contributed by atoms with E-state index in [-0.39, 0.29) is 5.69 Å². The molecule has 0 aliphatic heterocycles. The molecule has 1 aromatic heterocycles. The molecule has 8 heteroatoms. The molecule has 0 spiro atoms. The van der Waals surface area contributed by atoms with Crippen molar-refractivity contribution >= 4 is 17.0 Å². The predicted molar refractivity (Wildman–Crippen MR) is 80.4 cm³/mol. The van der Waals surface area contributed by atoms with Gasteiger partial charge in [-0.25, -0.2) is 0 Å². The molecule has 7 nitrogen and oxygen atoms in total. The minimum absolute atomic E-state index is 0.0748. The van der Waals surface area contributed by atoms with Crippen LogP contribution in [0.4, 0.5) is 5.69 Å². The van der Waals surface area contributed by atoms with Crippen molar-refractivity contribution in [1.82, 2.24) is 15.5 Å².